The van der Waals surface area contributed by atoms with Crippen molar-refractivity contribution in [3.05, 3.63) is 35.9 Å². The standard InChI is InChI=1S/C10H14N2O2.2ClH/c11-6-7-12-9(10(13)14)8-4-2-1-3-5-8;;/h1-5,9,12H,6-7,11H2,(H,13,14);2*1H. The van der Waals surface area contributed by atoms with Crippen molar-refractivity contribution in [3.8, 4) is 0 Å². The number of aliphatic carboxylic acids is 1. The first kappa shape index (κ1) is 17.6. The molecule has 0 saturated heterocycles. The number of halogens is 2. The van der Waals surface area contributed by atoms with E-state index in [4.69, 9.17) is 10.8 Å². The Morgan fingerprint density at radius 3 is 2.31 bits per heavy atom. The minimum Gasteiger partial charge on any atom is -0.480 e. The van der Waals surface area contributed by atoms with E-state index in [0.717, 1.165) is 5.56 Å². The molecular formula is C10H16Cl2N2O2. The highest BCUT2D eigenvalue weighted by Gasteiger charge is 2.17. The predicted octanol–water partition coefficient (Wildman–Crippen LogP) is 1.20. The van der Waals surface area contributed by atoms with E-state index in [0.29, 0.717) is 13.1 Å². The molecule has 1 atom stereocenters. The Balaban J connectivity index is 0. The third kappa shape index (κ3) is 5.32. The van der Waals surface area contributed by atoms with E-state index in [1.807, 2.05) is 18.2 Å². The molecule has 1 unspecified atom stereocenters. The van der Waals surface area contributed by atoms with Gasteiger partial charge in [-0.15, -0.1) is 24.8 Å². The topological polar surface area (TPSA) is 75.3 Å². The summed E-state index contributed by atoms with van der Waals surface area (Å²) in [7, 11) is 0. The van der Waals surface area contributed by atoms with Gasteiger partial charge in [-0.05, 0) is 5.56 Å². The van der Waals surface area contributed by atoms with Crippen molar-refractivity contribution >= 4 is 30.8 Å². The molecule has 0 aromatic heterocycles. The molecule has 1 rings (SSSR count). The summed E-state index contributed by atoms with van der Waals surface area (Å²) in [4.78, 5) is 10.9. The molecule has 0 fully saturated rings. The third-order valence-corrected chi connectivity index (χ3v) is 1.87. The second-order valence-corrected chi connectivity index (χ2v) is 2.92. The Bertz CT molecular complexity index is 296. The fraction of sp³-hybridized carbons (Fsp3) is 0.300. The fourth-order valence-electron chi connectivity index (χ4n) is 1.22. The van der Waals surface area contributed by atoms with Crippen LogP contribution in [0, 0.1) is 0 Å². The van der Waals surface area contributed by atoms with E-state index in [1.165, 1.54) is 0 Å². The summed E-state index contributed by atoms with van der Waals surface area (Å²) in [6.45, 7) is 0.919. The van der Waals surface area contributed by atoms with Gasteiger partial charge in [0.05, 0.1) is 0 Å². The monoisotopic (exact) mass is 266 g/mol. The quantitative estimate of drug-likeness (QED) is 0.749. The van der Waals surface area contributed by atoms with Crippen molar-refractivity contribution in [1.29, 1.82) is 0 Å². The first-order valence-electron chi connectivity index (χ1n) is 4.47. The van der Waals surface area contributed by atoms with E-state index in [2.05, 4.69) is 5.32 Å². The van der Waals surface area contributed by atoms with Crippen LogP contribution in [0.4, 0.5) is 0 Å². The molecule has 0 bridgehead atoms. The Hall–Kier alpha value is -0.810. The predicted molar refractivity (Wildman–Crippen MR) is 68.4 cm³/mol. The maximum absolute atomic E-state index is 10.9. The van der Waals surface area contributed by atoms with Gasteiger partial charge in [-0.1, -0.05) is 30.3 Å². The minimum absolute atomic E-state index is 0. The molecule has 4 nitrogen and oxygen atoms in total. The molecule has 0 spiro atoms. The molecular weight excluding hydrogens is 251 g/mol. The number of hydrogen-bond acceptors (Lipinski definition) is 3. The normalized spacial score (nSPS) is 10.8. The molecule has 0 saturated carbocycles. The van der Waals surface area contributed by atoms with Crippen molar-refractivity contribution in [2.45, 2.75) is 6.04 Å². The lowest BCUT2D eigenvalue weighted by Gasteiger charge is -2.13. The minimum atomic E-state index is -0.885. The molecule has 6 heteroatoms. The molecule has 0 aliphatic carbocycles. The number of carboxylic acids is 1. The zero-order valence-electron chi connectivity index (χ0n) is 8.63. The lowest BCUT2D eigenvalue weighted by Crippen LogP contribution is -2.32. The summed E-state index contributed by atoms with van der Waals surface area (Å²) < 4.78 is 0. The van der Waals surface area contributed by atoms with Crippen molar-refractivity contribution in [2.75, 3.05) is 13.1 Å². The highest BCUT2D eigenvalue weighted by Crippen LogP contribution is 2.11. The largest absolute Gasteiger partial charge is 0.480 e. The van der Waals surface area contributed by atoms with Crippen molar-refractivity contribution in [2.24, 2.45) is 5.73 Å². The Morgan fingerprint density at radius 2 is 1.88 bits per heavy atom. The first-order chi connectivity index (χ1) is 6.75. The number of carbonyl (C=O) groups is 1. The number of rotatable bonds is 5. The zero-order chi connectivity index (χ0) is 10.4. The van der Waals surface area contributed by atoms with Crippen LogP contribution in [0.15, 0.2) is 30.3 Å². The number of benzene rings is 1. The van der Waals surface area contributed by atoms with Crippen LogP contribution in [-0.2, 0) is 4.79 Å². The van der Waals surface area contributed by atoms with Gasteiger partial charge in [-0.25, -0.2) is 0 Å². The maximum Gasteiger partial charge on any atom is 0.325 e. The van der Waals surface area contributed by atoms with Gasteiger partial charge in [0.15, 0.2) is 0 Å². The highest BCUT2D eigenvalue weighted by atomic mass is 35.5. The van der Waals surface area contributed by atoms with E-state index in [-0.39, 0.29) is 24.8 Å². The molecule has 1 aromatic rings. The van der Waals surface area contributed by atoms with E-state index < -0.39 is 12.0 Å². The fourth-order valence-corrected chi connectivity index (χ4v) is 1.22. The molecule has 1 aromatic carbocycles. The maximum atomic E-state index is 10.9. The van der Waals surface area contributed by atoms with Crippen LogP contribution in [0.5, 0.6) is 0 Å². The molecule has 16 heavy (non-hydrogen) atoms. The van der Waals surface area contributed by atoms with Gasteiger partial charge in [-0.2, -0.15) is 0 Å². The first-order valence-corrected chi connectivity index (χ1v) is 4.47. The zero-order valence-corrected chi connectivity index (χ0v) is 10.3. The Labute approximate surface area is 107 Å². The van der Waals surface area contributed by atoms with Crippen LogP contribution in [0.2, 0.25) is 0 Å². The molecule has 0 amide bonds. The van der Waals surface area contributed by atoms with Gasteiger partial charge in [0.2, 0.25) is 0 Å². The van der Waals surface area contributed by atoms with Crippen LogP contribution >= 0.6 is 24.8 Å². The van der Waals surface area contributed by atoms with Crippen LogP contribution < -0.4 is 11.1 Å². The molecule has 92 valence electrons. The third-order valence-electron chi connectivity index (χ3n) is 1.87. The summed E-state index contributed by atoms with van der Waals surface area (Å²) in [6, 6.07) is 8.38. The highest BCUT2D eigenvalue weighted by molar-refractivity contribution is 5.85. The lowest BCUT2D eigenvalue weighted by atomic mass is 10.1. The molecule has 0 heterocycles. The van der Waals surface area contributed by atoms with Crippen LogP contribution in [0.3, 0.4) is 0 Å². The summed E-state index contributed by atoms with van der Waals surface area (Å²) in [5, 5.41) is 11.8. The van der Waals surface area contributed by atoms with E-state index in [9.17, 15) is 4.79 Å². The van der Waals surface area contributed by atoms with Gasteiger partial charge < -0.3 is 10.8 Å². The molecule has 0 aliphatic heterocycles. The van der Waals surface area contributed by atoms with Crippen molar-refractivity contribution < 1.29 is 9.90 Å². The van der Waals surface area contributed by atoms with Gasteiger partial charge in [0, 0.05) is 13.1 Å². The van der Waals surface area contributed by atoms with E-state index in [1.54, 1.807) is 12.1 Å². The second kappa shape index (κ2) is 9.42. The van der Waals surface area contributed by atoms with Gasteiger partial charge >= 0.3 is 5.97 Å². The molecule has 0 radical (unpaired) electrons. The van der Waals surface area contributed by atoms with Crippen LogP contribution in [-0.4, -0.2) is 24.2 Å². The van der Waals surface area contributed by atoms with E-state index >= 15 is 0 Å². The van der Waals surface area contributed by atoms with Gasteiger partial charge in [0.1, 0.15) is 6.04 Å². The number of nitrogens with two attached hydrogens (primary N) is 1. The molecule has 4 N–H and O–H groups in total. The number of hydrogen-bond donors (Lipinski definition) is 3. The second-order valence-electron chi connectivity index (χ2n) is 2.92. The summed E-state index contributed by atoms with van der Waals surface area (Å²) in [6.07, 6.45) is 0. The van der Waals surface area contributed by atoms with Gasteiger partial charge in [0.25, 0.3) is 0 Å². The SMILES string of the molecule is Cl.Cl.NCCNC(C(=O)O)c1ccccc1. The van der Waals surface area contributed by atoms with Crippen molar-refractivity contribution in [3.63, 3.8) is 0 Å². The smallest absolute Gasteiger partial charge is 0.325 e. The van der Waals surface area contributed by atoms with Crippen LogP contribution in [0.1, 0.15) is 11.6 Å². The summed E-state index contributed by atoms with van der Waals surface area (Å²) in [5.41, 5.74) is 6.04. The average Bonchev–Trinajstić information content (AvgIpc) is 2.19. The number of carboxylic acid groups (broad SMARTS) is 1. The number of nitrogens with one attached hydrogen (secondary N) is 1. The summed E-state index contributed by atoms with van der Waals surface area (Å²) in [5.74, 6) is -0.885. The Kier molecular flexibility index (Phi) is 10.3. The van der Waals surface area contributed by atoms with Crippen LogP contribution in [0.25, 0.3) is 0 Å². The Morgan fingerprint density at radius 1 is 1.31 bits per heavy atom. The lowest BCUT2D eigenvalue weighted by molar-refractivity contribution is -0.139. The van der Waals surface area contributed by atoms with Gasteiger partial charge in [-0.3, -0.25) is 10.1 Å². The summed E-state index contributed by atoms with van der Waals surface area (Å²) >= 11 is 0. The molecule has 0 aliphatic rings. The average molecular weight is 267 g/mol. The van der Waals surface area contributed by atoms with Crippen molar-refractivity contribution in [1.82, 2.24) is 5.32 Å².